The van der Waals surface area contributed by atoms with Crippen LogP contribution >= 0.6 is 0 Å². The van der Waals surface area contributed by atoms with Gasteiger partial charge in [0.25, 0.3) is 5.91 Å². The van der Waals surface area contributed by atoms with Gasteiger partial charge >= 0.3 is 6.09 Å². The largest absolute Gasteiger partial charge is 0.496 e. The van der Waals surface area contributed by atoms with Crippen LogP contribution in [0.15, 0.2) is 30.5 Å². The third-order valence-corrected chi connectivity index (χ3v) is 7.33. The lowest BCUT2D eigenvalue weighted by Gasteiger charge is -2.34. The zero-order valence-corrected chi connectivity index (χ0v) is 26.1. The Labute approximate surface area is 253 Å². The predicted octanol–water partition coefficient (Wildman–Crippen LogP) is 3.84. The van der Waals surface area contributed by atoms with E-state index in [1.807, 2.05) is 33.0 Å². The number of fused-ring (bicyclic) bond motifs is 1. The molecule has 1 aliphatic rings. The lowest BCUT2D eigenvalue weighted by Crippen LogP contribution is -2.50. The average Bonchev–Trinajstić information content (AvgIpc) is 3.36. The number of nitrogens with zero attached hydrogens (tertiary/aromatic N) is 5. The average molecular weight is 595 g/mol. The maximum Gasteiger partial charge on any atom is 0.408 e. The number of amides is 2. The fourth-order valence-electron chi connectivity index (χ4n) is 5.14. The van der Waals surface area contributed by atoms with Gasteiger partial charge in [-0.3, -0.25) is 9.69 Å². The topological polar surface area (TPSA) is 140 Å². The van der Waals surface area contributed by atoms with Crippen molar-refractivity contribution in [2.24, 2.45) is 0 Å². The third-order valence-electron chi connectivity index (χ3n) is 7.33. The van der Waals surface area contributed by atoms with E-state index in [4.69, 9.17) is 15.2 Å². The number of methoxy groups -OCH3 is 1. The summed E-state index contributed by atoms with van der Waals surface area (Å²) in [7, 11) is 1.69. The standard InChI is InChI=1S/C31H46N8O4/c1-6-7-8-12-33-28-27-24(34-29(32)35-28)11-13-39(27)20-23-10-9-22(18-25(23)42-5)19-37-14-16-38(17-15-37)26(40)21-43-30(41)36-31(2,3)4/h9-11,13,18H,6-8,12,14-17,19-21H2,1-5H3,(H,36,41)(H3,32,33,34,35). The van der Waals surface area contributed by atoms with Gasteiger partial charge in [0.15, 0.2) is 12.4 Å². The van der Waals surface area contributed by atoms with Gasteiger partial charge in [-0.2, -0.15) is 4.98 Å². The number of hydrogen-bond donors (Lipinski definition) is 3. The first-order valence-corrected chi connectivity index (χ1v) is 15.0. The molecule has 12 heteroatoms. The van der Waals surface area contributed by atoms with Crippen molar-refractivity contribution in [1.82, 2.24) is 29.7 Å². The molecule has 4 N–H and O–H groups in total. The summed E-state index contributed by atoms with van der Waals surface area (Å²) in [5, 5.41) is 6.15. The van der Waals surface area contributed by atoms with E-state index in [0.29, 0.717) is 19.6 Å². The molecule has 0 bridgehead atoms. The molecule has 0 unspecified atom stereocenters. The Kier molecular flexibility index (Phi) is 10.7. The quantitative estimate of drug-likeness (QED) is 0.267. The fourth-order valence-corrected chi connectivity index (χ4v) is 5.14. The SMILES string of the molecule is CCCCCNc1nc(N)nc2ccn(Cc3ccc(CN4CCN(C(=O)COC(=O)NC(C)(C)C)CC4)cc3OC)c12. The number of carbonyl (C=O) groups is 2. The number of rotatable bonds is 12. The number of hydrogen-bond acceptors (Lipinski definition) is 9. The normalized spacial score (nSPS) is 14.1. The molecule has 2 amide bonds. The summed E-state index contributed by atoms with van der Waals surface area (Å²) >= 11 is 0. The molecule has 43 heavy (non-hydrogen) atoms. The van der Waals surface area contributed by atoms with Gasteiger partial charge in [0.2, 0.25) is 5.95 Å². The van der Waals surface area contributed by atoms with Crippen LogP contribution in [-0.4, -0.2) is 88.3 Å². The van der Waals surface area contributed by atoms with E-state index >= 15 is 0 Å². The summed E-state index contributed by atoms with van der Waals surface area (Å²) < 4.78 is 13.0. The van der Waals surface area contributed by atoms with Gasteiger partial charge in [-0.15, -0.1) is 0 Å². The zero-order valence-electron chi connectivity index (χ0n) is 26.1. The minimum atomic E-state index is -0.584. The molecular formula is C31H46N8O4. The number of alkyl carbamates (subject to hydrolysis) is 1. The molecule has 0 saturated carbocycles. The van der Waals surface area contributed by atoms with Crippen LogP contribution in [0.1, 0.15) is 58.1 Å². The monoisotopic (exact) mass is 594 g/mol. The number of unbranched alkanes of at least 4 members (excludes halogenated alkanes) is 2. The van der Waals surface area contributed by atoms with Gasteiger partial charge in [0.1, 0.15) is 11.3 Å². The second-order valence-electron chi connectivity index (χ2n) is 12.0. The first kappa shape index (κ1) is 31.9. The molecule has 0 aliphatic carbocycles. The molecule has 1 saturated heterocycles. The van der Waals surface area contributed by atoms with Crippen LogP contribution < -0.4 is 21.1 Å². The van der Waals surface area contributed by atoms with Crippen LogP contribution in [0.3, 0.4) is 0 Å². The molecule has 1 aromatic carbocycles. The van der Waals surface area contributed by atoms with Crippen LogP contribution in [0.4, 0.5) is 16.6 Å². The van der Waals surface area contributed by atoms with Crippen LogP contribution in [-0.2, 0) is 22.6 Å². The highest BCUT2D eigenvalue weighted by molar-refractivity contribution is 5.87. The zero-order chi connectivity index (χ0) is 31.0. The Morgan fingerprint density at radius 1 is 1.05 bits per heavy atom. The van der Waals surface area contributed by atoms with Gasteiger partial charge < -0.3 is 35.3 Å². The summed E-state index contributed by atoms with van der Waals surface area (Å²) in [5.74, 6) is 1.64. The van der Waals surface area contributed by atoms with Gasteiger partial charge in [-0.05, 0) is 44.9 Å². The van der Waals surface area contributed by atoms with Gasteiger partial charge in [0, 0.05) is 56.6 Å². The molecule has 4 rings (SSSR count). The number of nitrogen functional groups attached to an aromatic ring is 1. The van der Waals surface area contributed by atoms with E-state index in [0.717, 1.165) is 79.2 Å². The van der Waals surface area contributed by atoms with Crippen LogP contribution in [0, 0.1) is 0 Å². The number of ether oxygens (including phenoxy) is 2. The fraction of sp³-hybridized carbons (Fsp3) is 0.548. The summed E-state index contributed by atoms with van der Waals surface area (Å²) in [4.78, 5) is 37.4. The Hall–Kier alpha value is -4.06. The van der Waals surface area contributed by atoms with Crippen molar-refractivity contribution in [1.29, 1.82) is 0 Å². The summed E-state index contributed by atoms with van der Waals surface area (Å²) in [6, 6.07) is 8.27. The Balaban J connectivity index is 1.35. The smallest absolute Gasteiger partial charge is 0.408 e. The van der Waals surface area contributed by atoms with Crippen LogP contribution in [0.25, 0.3) is 11.0 Å². The highest BCUT2D eigenvalue weighted by atomic mass is 16.6. The lowest BCUT2D eigenvalue weighted by molar-refractivity contribution is -0.136. The van der Waals surface area contributed by atoms with Crippen molar-refractivity contribution in [3.63, 3.8) is 0 Å². The number of piperazine rings is 1. The number of aromatic nitrogens is 3. The molecule has 0 radical (unpaired) electrons. The molecule has 12 nitrogen and oxygen atoms in total. The Morgan fingerprint density at radius 3 is 2.51 bits per heavy atom. The summed E-state index contributed by atoms with van der Waals surface area (Å²) in [6.45, 7) is 12.3. The second kappa shape index (κ2) is 14.4. The number of carbonyl (C=O) groups excluding carboxylic acids is 2. The first-order valence-electron chi connectivity index (χ1n) is 15.0. The molecule has 0 atom stereocenters. The maximum absolute atomic E-state index is 12.5. The van der Waals surface area contributed by atoms with E-state index in [1.54, 1.807) is 12.0 Å². The highest BCUT2D eigenvalue weighted by Crippen LogP contribution is 2.27. The first-order chi connectivity index (χ1) is 20.6. The van der Waals surface area contributed by atoms with E-state index in [2.05, 4.69) is 55.2 Å². The highest BCUT2D eigenvalue weighted by Gasteiger charge is 2.23. The number of nitrogens with one attached hydrogen (secondary N) is 2. The van der Waals surface area contributed by atoms with E-state index in [1.165, 1.54) is 0 Å². The van der Waals surface area contributed by atoms with Crippen molar-refractivity contribution in [2.45, 2.75) is 65.6 Å². The van der Waals surface area contributed by atoms with E-state index in [-0.39, 0.29) is 18.5 Å². The van der Waals surface area contributed by atoms with Crippen molar-refractivity contribution in [3.05, 3.63) is 41.6 Å². The van der Waals surface area contributed by atoms with Crippen molar-refractivity contribution >= 4 is 34.8 Å². The molecular weight excluding hydrogens is 548 g/mol. The molecule has 2 aromatic heterocycles. The van der Waals surface area contributed by atoms with Crippen LogP contribution in [0.5, 0.6) is 5.75 Å². The van der Waals surface area contributed by atoms with Crippen molar-refractivity contribution in [3.8, 4) is 5.75 Å². The Bertz CT molecular complexity index is 1390. The van der Waals surface area contributed by atoms with Gasteiger partial charge in [-0.1, -0.05) is 31.9 Å². The van der Waals surface area contributed by atoms with Gasteiger partial charge in [0.05, 0.1) is 19.2 Å². The van der Waals surface area contributed by atoms with Crippen molar-refractivity contribution < 1.29 is 19.1 Å². The van der Waals surface area contributed by atoms with E-state index < -0.39 is 11.6 Å². The molecule has 3 aromatic rings. The third kappa shape index (κ3) is 8.96. The maximum atomic E-state index is 12.5. The minimum absolute atomic E-state index is 0.181. The van der Waals surface area contributed by atoms with Crippen molar-refractivity contribution in [2.75, 3.05) is 57.5 Å². The second-order valence-corrected chi connectivity index (χ2v) is 12.0. The number of benzene rings is 1. The molecule has 3 heterocycles. The van der Waals surface area contributed by atoms with Crippen LogP contribution in [0.2, 0.25) is 0 Å². The number of anilines is 2. The number of nitrogens with two attached hydrogens (primary N) is 1. The molecule has 0 spiro atoms. The Morgan fingerprint density at radius 2 is 1.81 bits per heavy atom. The van der Waals surface area contributed by atoms with E-state index in [9.17, 15) is 9.59 Å². The molecule has 1 aliphatic heterocycles. The minimum Gasteiger partial charge on any atom is -0.496 e. The summed E-state index contributed by atoms with van der Waals surface area (Å²) in [6.07, 6.45) is 4.79. The summed E-state index contributed by atoms with van der Waals surface area (Å²) in [5.41, 5.74) is 9.47. The molecule has 1 fully saturated rings. The van der Waals surface area contributed by atoms with Gasteiger partial charge in [-0.25, -0.2) is 9.78 Å². The predicted molar refractivity (Wildman–Crippen MR) is 168 cm³/mol. The molecule has 234 valence electrons. The lowest BCUT2D eigenvalue weighted by atomic mass is 10.1.